The van der Waals surface area contributed by atoms with Gasteiger partial charge in [-0.05, 0) is 44.5 Å². The smallest absolute Gasteiger partial charge is 0.246 e. The van der Waals surface area contributed by atoms with E-state index < -0.39 is 0 Å². The SMILES string of the molecule is COCC(=O)NCc1cnc2cc(C)nn2c1C1CCN(Cc2cccnc2)CC1. The summed E-state index contributed by atoms with van der Waals surface area (Å²) in [4.78, 5) is 23.1. The van der Waals surface area contributed by atoms with Crippen molar-refractivity contribution in [3.63, 3.8) is 0 Å². The number of likely N-dealkylation sites (tertiary alicyclic amines) is 1. The average molecular weight is 409 g/mol. The number of aryl methyl sites for hydroxylation is 1. The Bertz CT molecular complexity index is 996. The van der Waals surface area contributed by atoms with E-state index in [0.717, 1.165) is 55.1 Å². The quantitative estimate of drug-likeness (QED) is 0.644. The van der Waals surface area contributed by atoms with Gasteiger partial charge in [-0.25, -0.2) is 9.50 Å². The fraction of sp³-hybridized carbons (Fsp3) is 0.455. The number of pyridine rings is 1. The van der Waals surface area contributed by atoms with Crippen LogP contribution in [0.5, 0.6) is 0 Å². The first kappa shape index (κ1) is 20.4. The monoisotopic (exact) mass is 408 g/mol. The molecule has 1 saturated heterocycles. The van der Waals surface area contributed by atoms with Crippen LogP contribution in [0.3, 0.4) is 0 Å². The third-order valence-electron chi connectivity index (χ3n) is 5.58. The van der Waals surface area contributed by atoms with Gasteiger partial charge in [0, 0.05) is 56.3 Å². The molecule has 0 aliphatic carbocycles. The molecule has 8 nitrogen and oxygen atoms in total. The molecule has 1 amide bonds. The summed E-state index contributed by atoms with van der Waals surface area (Å²) in [5, 5.41) is 7.62. The summed E-state index contributed by atoms with van der Waals surface area (Å²) in [6.07, 6.45) is 7.70. The van der Waals surface area contributed by atoms with Crippen LogP contribution >= 0.6 is 0 Å². The topological polar surface area (TPSA) is 84.6 Å². The summed E-state index contributed by atoms with van der Waals surface area (Å²) in [6.45, 7) is 5.41. The van der Waals surface area contributed by atoms with Gasteiger partial charge in [0.2, 0.25) is 5.91 Å². The minimum Gasteiger partial charge on any atom is -0.375 e. The predicted molar refractivity (Wildman–Crippen MR) is 113 cm³/mol. The normalized spacial score (nSPS) is 15.5. The number of carbonyl (C=O) groups excluding carboxylic acids is 1. The lowest BCUT2D eigenvalue weighted by atomic mass is 9.90. The Morgan fingerprint density at radius 3 is 2.87 bits per heavy atom. The summed E-state index contributed by atoms with van der Waals surface area (Å²) >= 11 is 0. The molecule has 0 aromatic carbocycles. The zero-order chi connectivity index (χ0) is 20.9. The van der Waals surface area contributed by atoms with E-state index in [1.54, 1.807) is 0 Å². The number of amides is 1. The van der Waals surface area contributed by atoms with Crippen LogP contribution in [-0.4, -0.2) is 57.2 Å². The van der Waals surface area contributed by atoms with Crippen molar-refractivity contribution in [1.29, 1.82) is 0 Å². The van der Waals surface area contributed by atoms with E-state index >= 15 is 0 Å². The number of carbonyl (C=O) groups is 1. The molecule has 0 atom stereocenters. The Kier molecular flexibility index (Phi) is 6.35. The summed E-state index contributed by atoms with van der Waals surface area (Å²) in [7, 11) is 1.52. The molecular formula is C22H28N6O2. The number of ether oxygens (including phenoxy) is 1. The zero-order valence-electron chi connectivity index (χ0n) is 17.5. The van der Waals surface area contributed by atoms with Crippen LogP contribution in [0.4, 0.5) is 0 Å². The van der Waals surface area contributed by atoms with E-state index in [1.807, 2.05) is 42.2 Å². The van der Waals surface area contributed by atoms with Crippen LogP contribution in [0.1, 0.15) is 41.3 Å². The molecule has 3 aromatic rings. The number of nitrogens with one attached hydrogen (secondary N) is 1. The fourth-order valence-corrected chi connectivity index (χ4v) is 4.16. The van der Waals surface area contributed by atoms with E-state index in [-0.39, 0.29) is 12.5 Å². The summed E-state index contributed by atoms with van der Waals surface area (Å²) in [6, 6.07) is 6.10. The van der Waals surface area contributed by atoms with Crippen LogP contribution in [0.15, 0.2) is 36.8 Å². The molecule has 0 bridgehead atoms. The highest BCUT2D eigenvalue weighted by Crippen LogP contribution is 2.31. The maximum atomic E-state index is 11.9. The molecule has 1 aliphatic heterocycles. The van der Waals surface area contributed by atoms with Gasteiger partial charge in [0.15, 0.2) is 5.65 Å². The maximum Gasteiger partial charge on any atom is 0.246 e. The zero-order valence-corrected chi connectivity index (χ0v) is 17.5. The first-order chi connectivity index (χ1) is 14.6. The minimum absolute atomic E-state index is 0.0542. The van der Waals surface area contributed by atoms with Crippen molar-refractivity contribution in [1.82, 2.24) is 29.8 Å². The van der Waals surface area contributed by atoms with Crippen LogP contribution in [-0.2, 0) is 22.6 Å². The number of hydrogen-bond donors (Lipinski definition) is 1. The van der Waals surface area contributed by atoms with Gasteiger partial charge in [-0.1, -0.05) is 6.07 Å². The third kappa shape index (κ3) is 4.66. The molecule has 3 aromatic heterocycles. The molecule has 0 spiro atoms. The highest BCUT2D eigenvalue weighted by atomic mass is 16.5. The van der Waals surface area contributed by atoms with Crippen molar-refractivity contribution in [3.8, 4) is 0 Å². The van der Waals surface area contributed by atoms with Gasteiger partial charge < -0.3 is 10.1 Å². The second-order valence-corrected chi connectivity index (χ2v) is 7.85. The molecule has 0 unspecified atom stereocenters. The number of methoxy groups -OCH3 is 1. The van der Waals surface area contributed by atoms with Crippen molar-refractivity contribution in [2.75, 3.05) is 26.8 Å². The number of rotatable bonds is 7. The number of fused-ring (bicyclic) bond motifs is 1. The van der Waals surface area contributed by atoms with Crippen molar-refractivity contribution in [3.05, 3.63) is 59.3 Å². The Morgan fingerprint density at radius 2 is 2.13 bits per heavy atom. The van der Waals surface area contributed by atoms with Gasteiger partial charge in [-0.3, -0.25) is 14.7 Å². The molecule has 0 saturated carbocycles. The Morgan fingerprint density at radius 1 is 1.30 bits per heavy atom. The average Bonchev–Trinajstić information content (AvgIpc) is 3.14. The summed E-state index contributed by atoms with van der Waals surface area (Å²) in [5.41, 5.74) is 5.21. The second-order valence-electron chi connectivity index (χ2n) is 7.85. The van der Waals surface area contributed by atoms with Gasteiger partial charge in [0.05, 0.1) is 11.4 Å². The van der Waals surface area contributed by atoms with Gasteiger partial charge in [0.25, 0.3) is 0 Å². The molecule has 1 fully saturated rings. The lowest BCUT2D eigenvalue weighted by Crippen LogP contribution is -2.34. The molecule has 4 rings (SSSR count). The lowest BCUT2D eigenvalue weighted by Gasteiger charge is -2.33. The van der Waals surface area contributed by atoms with Crippen LogP contribution in [0.2, 0.25) is 0 Å². The number of piperidine rings is 1. The van der Waals surface area contributed by atoms with Crippen molar-refractivity contribution in [2.24, 2.45) is 0 Å². The van der Waals surface area contributed by atoms with Gasteiger partial charge in [0.1, 0.15) is 6.61 Å². The van der Waals surface area contributed by atoms with Crippen LogP contribution in [0, 0.1) is 6.92 Å². The van der Waals surface area contributed by atoms with Crippen molar-refractivity contribution in [2.45, 2.75) is 38.8 Å². The standard InChI is InChI=1S/C22H28N6O2/c1-16-10-20-24-12-19(13-25-21(29)15-30-2)22(28(20)26-16)18-5-8-27(9-6-18)14-17-4-3-7-23-11-17/h3-4,7,10-12,18H,5-6,8-9,13-15H2,1-2H3,(H,25,29). The number of nitrogens with zero attached hydrogens (tertiary/aromatic N) is 5. The molecule has 8 heteroatoms. The second kappa shape index (κ2) is 9.32. The van der Waals surface area contributed by atoms with E-state index in [9.17, 15) is 4.79 Å². The molecule has 158 valence electrons. The molecular weight excluding hydrogens is 380 g/mol. The summed E-state index contributed by atoms with van der Waals surface area (Å²) < 4.78 is 6.88. The first-order valence-corrected chi connectivity index (χ1v) is 10.3. The van der Waals surface area contributed by atoms with Crippen LogP contribution in [0.25, 0.3) is 5.65 Å². The largest absolute Gasteiger partial charge is 0.375 e. The summed E-state index contributed by atoms with van der Waals surface area (Å²) in [5.74, 6) is 0.237. The van der Waals surface area contributed by atoms with E-state index in [4.69, 9.17) is 9.84 Å². The van der Waals surface area contributed by atoms with E-state index in [0.29, 0.717) is 12.5 Å². The Balaban J connectivity index is 1.52. The molecule has 1 N–H and O–H groups in total. The predicted octanol–water partition coefficient (Wildman–Crippen LogP) is 2.07. The number of hydrogen-bond acceptors (Lipinski definition) is 6. The Hall–Kier alpha value is -2.84. The minimum atomic E-state index is -0.133. The van der Waals surface area contributed by atoms with Gasteiger partial charge in [-0.2, -0.15) is 5.10 Å². The van der Waals surface area contributed by atoms with Crippen molar-refractivity contribution < 1.29 is 9.53 Å². The van der Waals surface area contributed by atoms with Crippen LogP contribution < -0.4 is 5.32 Å². The molecule has 30 heavy (non-hydrogen) atoms. The van der Waals surface area contributed by atoms with E-state index in [1.165, 1.54) is 12.7 Å². The van der Waals surface area contributed by atoms with Gasteiger partial charge in [-0.15, -0.1) is 0 Å². The fourth-order valence-electron chi connectivity index (χ4n) is 4.16. The molecule has 1 aliphatic rings. The highest BCUT2D eigenvalue weighted by molar-refractivity contribution is 5.77. The van der Waals surface area contributed by atoms with Crippen molar-refractivity contribution >= 4 is 11.6 Å². The molecule has 4 heterocycles. The third-order valence-corrected chi connectivity index (χ3v) is 5.58. The van der Waals surface area contributed by atoms with Gasteiger partial charge >= 0.3 is 0 Å². The Labute approximate surface area is 176 Å². The maximum absolute atomic E-state index is 11.9. The first-order valence-electron chi connectivity index (χ1n) is 10.3. The molecule has 0 radical (unpaired) electrons. The lowest BCUT2D eigenvalue weighted by molar-refractivity contribution is -0.124. The number of aromatic nitrogens is 4. The highest BCUT2D eigenvalue weighted by Gasteiger charge is 2.26. The van der Waals surface area contributed by atoms with E-state index in [2.05, 4.69) is 26.3 Å².